The monoisotopic (exact) mass is 435 g/mol. The fourth-order valence-corrected chi connectivity index (χ4v) is 3.33. The molecule has 172 valence electrons. The van der Waals surface area contributed by atoms with Crippen molar-refractivity contribution in [1.29, 1.82) is 0 Å². The maximum absolute atomic E-state index is 13.2. The van der Waals surface area contributed by atoms with E-state index in [-0.39, 0.29) is 24.8 Å². The number of nitrogens with one attached hydrogen (secondary N) is 1. The second-order valence-electron chi connectivity index (χ2n) is 8.24. The Balaban J connectivity index is 1.92. The van der Waals surface area contributed by atoms with Gasteiger partial charge in [-0.3, -0.25) is 9.59 Å². The van der Waals surface area contributed by atoms with Gasteiger partial charge in [0.1, 0.15) is 22.7 Å². The van der Waals surface area contributed by atoms with Crippen LogP contribution in [0.5, 0.6) is 11.5 Å². The van der Waals surface area contributed by atoms with Crippen molar-refractivity contribution < 1.29 is 28.6 Å². The molecule has 1 N–H and O–H groups in total. The first-order valence-electron chi connectivity index (χ1n) is 10.4. The Kier molecular flexibility index (Phi) is 8.53. The highest BCUT2D eigenvalue weighted by Gasteiger charge is 2.27. The molecule has 0 unspecified atom stereocenters. The van der Waals surface area contributed by atoms with Gasteiger partial charge in [0.2, 0.25) is 5.91 Å². The molecule has 9 nitrogen and oxygen atoms in total. The maximum atomic E-state index is 13.2. The number of ether oxygens (including phenoxy) is 3. The van der Waals surface area contributed by atoms with Crippen LogP contribution in [0.4, 0.5) is 4.79 Å². The van der Waals surface area contributed by atoms with Gasteiger partial charge in [-0.05, 0) is 39.3 Å². The lowest BCUT2D eigenvalue weighted by atomic mass is 10.1. The SMILES string of the molecule is COc1cccc(OC)c1C(=O)N1CCCN(C(=O)CCNC(=O)OC(C)(C)C)CC1. The minimum atomic E-state index is -0.584. The van der Waals surface area contributed by atoms with Crippen molar-refractivity contribution in [2.45, 2.75) is 39.2 Å². The zero-order valence-corrected chi connectivity index (χ0v) is 19.0. The number of hydrogen-bond acceptors (Lipinski definition) is 6. The van der Waals surface area contributed by atoms with Crippen molar-refractivity contribution in [3.63, 3.8) is 0 Å². The molecule has 1 saturated heterocycles. The van der Waals surface area contributed by atoms with E-state index in [1.807, 2.05) is 0 Å². The zero-order chi connectivity index (χ0) is 23.0. The number of methoxy groups -OCH3 is 2. The quantitative estimate of drug-likeness (QED) is 0.736. The van der Waals surface area contributed by atoms with Crippen LogP contribution in [0.2, 0.25) is 0 Å². The van der Waals surface area contributed by atoms with E-state index in [1.165, 1.54) is 14.2 Å². The van der Waals surface area contributed by atoms with Crippen molar-refractivity contribution >= 4 is 17.9 Å². The minimum Gasteiger partial charge on any atom is -0.496 e. The lowest BCUT2D eigenvalue weighted by Crippen LogP contribution is -2.39. The van der Waals surface area contributed by atoms with Crippen LogP contribution in [-0.4, -0.2) is 80.3 Å². The van der Waals surface area contributed by atoms with Gasteiger partial charge >= 0.3 is 6.09 Å². The molecular formula is C22H33N3O6. The van der Waals surface area contributed by atoms with Gasteiger partial charge in [0.05, 0.1) is 14.2 Å². The summed E-state index contributed by atoms with van der Waals surface area (Å²) in [6, 6.07) is 5.21. The first-order chi connectivity index (χ1) is 14.7. The van der Waals surface area contributed by atoms with E-state index < -0.39 is 11.7 Å². The lowest BCUT2D eigenvalue weighted by Gasteiger charge is -2.24. The molecule has 3 amide bonds. The average molecular weight is 436 g/mol. The van der Waals surface area contributed by atoms with Crippen LogP contribution in [0.15, 0.2) is 18.2 Å². The highest BCUT2D eigenvalue weighted by atomic mass is 16.6. The second kappa shape index (κ2) is 10.9. The smallest absolute Gasteiger partial charge is 0.407 e. The second-order valence-corrected chi connectivity index (χ2v) is 8.24. The van der Waals surface area contributed by atoms with Gasteiger partial charge in [-0.15, -0.1) is 0 Å². The number of amides is 3. The standard InChI is InChI=1S/C22H33N3O6/c1-22(2,3)31-21(28)23-11-10-18(26)24-12-7-13-25(15-14-24)20(27)19-16(29-4)8-6-9-17(19)30-5/h6,8-9H,7,10-15H2,1-5H3,(H,23,28). The molecule has 1 heterocycles. The average Bonchev–Trinajstić information content (AvgIpc) is 2.97. The number of carbonyl (C=O) groups is 3. The van der Waals surface area contributed by atoms with E-state index in [2.05, 4.69) is 5.32 Å². The number of rotatable bonds is 6. The van der Waals surface area contributed by atoms with E-state index in [9.17, 15) is 14.4 Å². The summed E-state index contributed by atoms with van der Waals surface area (Å²) in [5.41, 5.74) is -0.201. The third-order valence-electron chi connectivity index (χ3n) is 4.78. The molecule has 1 aromatic carbocycles. The molecule has 1 fully saturated rings. The van der Waals surface area contributed by atoms with E-state index in [1.54, 1.807) is 48.8 Å². The van der Waals surface area contributed by atoms with Crippen LogP contribution in [0, 0.1) is 0 Å². The predicted molar refractivity (Wildman–Crippen MR) is 116 cm³/mol. The third-order valence-corrected chi connectivity index (χ3v) is 4.78. The number of alkyl carbamates (subject to hydrolysis) is 1. The van der Waals surface area contributed by atoms with Gasteiger partial charge in [-0.25, -0.2) is 4.79 Å². The first-order valence-corrected chi connectivity index (χ1v) is 10.4. The van der Waals surface area contributed by atoms with Crippen molar-refractivity contribution in [2.24, 2.45) is 0 Å². The Bertz CT molecular complexity index is 768. The summed E-state index contributed by atoms with van der Waals surface area (Å²) in [7, 11) is 3.03. The molecular weight excluding hydrogens is 402 g/mol. The molecule has 1 aromatic rings. The van der Waals surface area contributed by atoms with Crippen molar-refractivity contribution in [2.75, 3.05) is 46.9 Å². The summed E-state index contributed by atoms with van der Waals surface area (Å²) in [5.74, 6) is 0.653. The topological polar surface area (TPSA) is 97.4 Å². The normalized spacial score (nSPS) is 14.5. The summed E-state index contributed by atoms with van der Waals surface area (Å²) < 4.78 is 15.9. The Hall–Kier alpha value is -2.97. The number of hydrogen-bond donors (Lipinski definition) is 1. The molecule has 0 aliphatic carbocycles. The third kappa shape index (κ3) is 7.04. The highest BCUT2D eigenvalue weighted by Crippen LogP contribution is 2.29. The Morgan fingerprint density at radius 2 is 1.55 bits per heavy atom. The molecule has 31 heavy (non-hydrogen) atoms. The van der Waals surface area contributed by atoms with Crippen molar-refractivity contribution in [3.05, 3.63) is 23.8 Å². The first kappa shape index (κ1) is 24.3. The molecule has 9 heteroatoms. The van der Waals surface area contributed by atoms with Crippen molar-refractivity contribution in [1.82, 2.24) is 15.1 Å². The van der Waals surface area contributed by atoms with Gasteiger partial charge in [-0.1, -0.05) is 6.07 Å². The summed E-state index contributed by atoms with van der Waals surface area (Å²) in [4.78, 5) is 40.9. The summed E-state index contributed by atoms with van der Waals surface area (Å²) in [6.45, 7) is 7.46. The predicted octanol–water partition coefficient (Wildman–Crippen LogP) is 2.29. The molecule has 0 saturated carbocycles. The minimum absolute atomic E-state index is 0.0692. The van der Waals surface area contributed by atoms with Crippen LogP contribution in [0.25, 0.3) is 0 Å². The van der Waals surface area contributed by atoms with Gasteiger partial charge in [0, 0.05) is 39.1 Å². The largest absolute Gasteiger partial charge is 0.496 e. The Morgan fingerprint density at radius 3 is 2.13 bits per heavy atom. The van der Waals surface area contributed by atoms with E-state index >= 15 is 0 Å². The fraction of sp³-hybridized carbons (Fsp3) is 0.591. The van der Waals surface area contributed by atoms with Crippen LogP contribution < -0.4 is 14.8 Å². The number of nitrogens with zero attached hydrogens (tertiary/aromatic N) is 2. The van der Waals surface area contributed by atoms with E-state index in [4.69, 9.17) is 14.2 Å². The number of carbonyl (C=O) groups excluding carboxylic acids is 3. The van der Waals surface area contributed by atoms with Crippen molar-refractivity contribution in [3.8, 4) is 11.5 Å². The molecule has 2 rings (SSSR count). The fourth-order valence-electron chi connectivity index (χ4n) is 3.33. The molecule has 0 bridgehead atoms. The zero-order valence-electron chi connectivity index (χ0n) is 19.0. The molecule has 0 radical (unpaired) electrons. The Morgan fingerprint density at radius 1 is 0.968 bits per heavy atom. The van der Waals surface area contributed by atoms with Gasteiger partial charge < -0.3 is 29.3 Å². The van der Waals surface area contributed by atoms with E-state index in [0.29, 0.717) is 49.7 Å². The van der Waals surface area contributed by atoms with Crippen LogP contribution in [-0.2, 0) is 9.53 Å². The Labute approximate surface area is 183 Å². The molecule has 1 aliphatic heterocycles. The number of benzene rings is 1. The summed E-state index contributed by atoms with van der Waals surface area (Å²) in [6.07, 6.45) is 0.292. The molecule has 1 aliphatic rings. The molecule has 0 atom stereocenters. The van der Waals surface area contributed by atoms with E-state index in [0.717, 1.165) is 0 Å². The lowest BCUT2D eigenvalue weighted by molar-refractivity contribution is -0.130. The summed E-state index contributed by atoms with van der Waals surface area (Å²) >= 11 is 0. The molecule has 0 aromatic heterocycles. The summed E-state index contributed by atoms with van der Waals surface area (Å²) in [5, 5.41) is 2.60. The highest BCUT2D eigenvalue weighted by molar-refractivity contribution is 5.99. The maximum Gasteiger partial charge on any atom is 0.407 e. The molecule has 0 spiro atoms. The van der Waals surface area contributed by atoms with Crippen LogP contribution >= 0.6 is 0 Å². The van der Waals surface area contributed by atoms with Crippen LogP contribution in [0.1, 0.15) is 44.0 Å². The van der Waals surface area contributed by atoms with Gasteiger partial charge in [0.25, 0.3) is 5.91 Å². The van der Waals surface area contributed by atoms with Gasteiger partial charge in [-0.2, -0.15) is 0 Å². The van der Waals surface area contributed by atoms with Gasteiger partial charge in [0.15, 0.2) is 0 Å². The van der Waals surface area contributed by atoms with Crippen LogP contribution in [0.3, 0.4) is 0 Å².